The highest BCUT2D eigenvalue weighted by molar-refractivity contribution is 5.87. The summed E-state index contributed by atoms with van der Waals surface area (Å²) < 4.78 is 0. The lowest BCUT2D eigenvalue weighted by molar-refractivity contribution is -0.143. The molecule has 206 valence electrons. The van der Waals surface area contributed by atoms with Crippen molar-refractivity contribution in [3.63, 3.8) is 0 Å². The Bertz CT molecular complexity index is 557. The van der Waals surface area contributed by atoms with Crippen molar-refractivity contribution in [1.82, 2.24) is 10.6 Å². The molecular formula is C27H53N3O5. The van der Waals surface area contributed by atoms with Crippen LogP contribution in [0.15, 0.2) is 0 Å². The zero-order valence-electron chi connectivity index (χ0n) is 22.4. The SMILES string of the molecule is CCCCCCCCCCCCCCCCCCNC(C(=O)NC(CCC(N)=O)C(=O)O)C(C)O. The third-order valence-electron chi connectivity index (χ3n) is 6.45. The number of aliphatic hydroxyl groups excluding tert-OH is 1. The maximum atomic E-state index is 12.4. The van der Waals surface area contributed by atoms with E-state index < -0.39 is 36.0 Å². The van der Waals surface area contributed by atoms with Crippen molar-refractivity contribution < 1.29 is 24.6 Å². The van der Waals surface area contributed by atoms with Gasteiger partial charge < -0.3 is 26.6 Å². The Labute approximate surface area is 213 Å². The quantitative estimate of drug-likeness (QED) is 0.118. The first kappa shape index (κ1) is 33.3. The molecule has 35 heavy (non-hydrogen) atoms. The molecule has 8 heteroatoms. The Kier molecular flexibility index (Phi) is 21.7. The van der Waals surface area contributed by atoms with Gasteiger partial charge in [0.2, 0.25) is 11.8 Å². The van der Waals surface area contributed by atoms with Gasteiger partial charge in [0.1, 0.15) is 12.1 Å². The van der Waals surface area contributed by atoms with Gasteiger partial charge >= 0.3 is 5.97 Å². The number of carbonyl (C=O) groups excluding carboxylic acids is 2. The molecule has 3 atom stereocenters. The number of nitrogens with two attached hydrogens (primary N) is 1. The fraction of sp³-hybridized carbons (Fsp3) is 0.889. The summed E-state index contributed by atoms with van der Waals surface area (Å²) in [5.41, 5.74) is 5.06. The van der Waals surface area contributed by atoms with Crippen LogP contribution in [0.5, 0.6) is 0 Å². The third-order valence-corrected chi connectivity index (χ3v) is 6.45. The van der Waals surface area contributed by atoms with E-state index in [0.717, 1.165) is 19.3 Å². The molecule has 0 heterocycles. The van der Waals surface area contributed by atoms with Gasteiger partial charge in [-0.25, -0.2) is 4.79 Å². The third kappa shape index (κ3) is 20.2. The largest absolute Gasteiger partial charge is 0.480 e. The maximum Gasteiger partial charge on any atom is 0.326 e. The molecule has 0 saturated heterocycles. The van der Waals surface area contributed by atoms with Crippen LogP contribution in [-0.2, 0) is 14.4 Å². The topological polar surface area (TPSA) is 142 Å². The molecule has 8 nitrogen and oxygen atoms in total. The number of nitrogens with one attached hydrogen (secondary N) is 2. The molecule has 0 bridgehead atoms. The van der Waals surface area contributed by atoms with E-state index in [2.05, 4.69) is 17.6 Å². The molecule has 0 aliphatic heterocycles. The Morgan fingerprint density at radius 3 is 1.57 bits per heavy atom. The monoisotopic (exact) mass is 499 g/mol. The van der Waals surface area contributed by atoms with Crippen LogP contribution in [-0.4, -0.2) is 52.7 Å². The van der Waals surface area contributed by atoms with Gasteiger partial charge in [0.25, 0.3) is 0 Å². The number of hydrogen-bond donors (Lipinski definition) is 5. The fourth-order valence-electron chi connectivity index (χ4n) is 4.22. The summed E-state index contributed by atoms with van der Waals surface area (Å²) in [6, 6.07) is -2.12. The molecule has 0 fully saturated rings. The molecule has 0 aliphatic rings. The van der Waals surface area contributed by atoms with Gasteiger partial charge in [0.15, 0.2) is 0 Å². The summed E-state index contributed by atoms with van der Waals surface area (Å²) in [6.45, 7) is 4.32. The average molecular weight is 500 g/mol. The minimum atomic E-state index is -1.23. The average Bonchev–Trinajstić information content (AvgIpc) is 2.80. The smallest absolute Gasteiger partial charge is 0.326 e. The first-order valence-electron chi connectivity index (χ1n) is 14.0. The number of primary amides is 1. The van der Waals surface area contributed by atoms with E-state index >= 15 is 0 Å². The number of carbonyl (C=O) groups is 3. The molecular weight excluding hydrogens is 446 g/mol. The van der Waals surface area contributed by atoms with Crippen LogP contribution in [0.3, 0.4) is 0 Å². The van der Waals surface area contributed by atoms with Gasteiger partial charge in [-0.05, 0) is 26.3 Å². The lowest BCUT2D eigenvalue weighted by Crippen LogP contribution is -2.54. The van der Waals surface area contributed by atoms with Gasteiger partial charge in [-0.15, -0.1) is 0 Å². The number of amides is 2. The summed E-state index contributed by atoms with van der Waals surface area (Å²) >= 11 is 0. The van der Waals surface area contributed by atoms with Crippen LogP contribution in [0, 0.1) is 0 Å². The zero-order chi connectivity index (χ0) is 26.3. The molecule has 0 aromatic carbocycles. The van der Waals surface area contributed by atoms with E-state index in [0.29, 0.717) is 6.54 Å². The van der Waals surface area contributed by atoms with Crippen LogP contribution in [0.1, 0.15) is 129 Å². The molecule has 0 spiro atoms. The van der Waals surface area contributed by atoms with E-state index in [1.807, 2.05) is 0 Å². The summed E-state index contributed by atoms with van der Waals surface area (Å²) in [7, 11) is 0. The van der Waals surface area contributed by atoms with E-state index in [-0.39, 0.29) is 12.8 Å². The second-order valence-corrected chi connectivity index (χ2v) is 9.88. The predicted molar refractivity (Wildman–Crippen MR) is 141 cm³/mol. The highest BCUT2D eigenvalue weighted by Crippen LogP contribution is 2.13. The Morgan fingerprint density at radius 2 is 1.20 bits per heavy atom. The van der Waals surface area contributed by atoms with Crippen LogP contribution in [0.2, 0.25) is 0 Å². The highest BCUT2D eigenvalue weighted by Gasteiger charge is 2.28. The number of aliphatic carboxylic acids is 1. The van der Waals surface area contributed by atoms with Gasteiger partial charge in [-0.3, -0.25) is 9.59 Å². The highest BCUT2D eigenvalue weighted by atomic mass is 16.4. The first-order valence-corrected chi connectivity index (χ1v) is 14.0. The molecule has 2 amide bonds. The van der Waals surface area contributed by atoms with E-state index in [1.165, 1.54) is 90.4 Å². The summed E-state index contributed by atoms with van der Waals surface area (Å²) in [5, 5.41) is 24.6. The summed E-state index contributed by atoms with van der Waals surface area (Å²) in [5.74, 6) is -2.45. The van der Waals surface area contributed by atoms with Crippen molar-refractivity contribution in [2.75, 3.05) is 6.54 Å². The second-order valence-electron chi connectivity index (χ2n) is 9.88. The van der Waals surface area contributed by atoms with Gasteiger partial charge in [-0.2, -0.15) is 0 Å². The summed E-state index contributed by atoms with van der Waals surface area (Å²) in [4.78, 5) is 34.7. The van der Waals surface area contributed by atoms with Crippen molar-refractivity contribution in [3.8, 4) is 0 Å². The predicted octanol–water partition coefficient (Wildman–Crippen LogP) is 4.42. The Morgan fingerprint density at radius 1 is 0.771 bits per heavy atom. The lowest BCUT2D eigenvalue weighted by atomic mass is 10.0. The normalized spacial score (nSPS) is 13.8. The van der Waals surface area contributed by atoms with Crippen molar-refractivity contribution in [2.24, 2.45) is 5.73 Å². The molecule has 3 unspecified atom stereocenters. The van der Waals surface area contributed by atoms with Crippen molar-refractivity contribution in [1.29, 1.82) is 0 Å². The number of rotatable bonds is 25. The van der Waals surface area contributed by atoms with Gasteiger partial charge in [0, 0.05) is 6.42 Å². The molecule has 6 N–H and O–H groups in total. The minimum Gasteiger partial charge on any atom is -0.480 e. The molecule has 0 aromatic heterocycles. The first-order chi connectivity index (χ1) is 16.8. The molecule has 0 aromatic rings. The zero-order valence-corrected chi connectivity index (χ0v) is 22.4. The maximum absolute atomic E-state index is 12.4. The number of aliphatic hydroxyl groups is 1. The van der Waals surface area contributed by atoms with E-state index in [4.69, 9.17) is 5.73 Å². The van der Waals surface area contributed by atoms with Crippen LogP contribution < -0.4 is 16.4 Å². The van der Waals surface area contributed by atoms with Crippen molar-refractivity contribution in [3.05, 3.63) is 0 Å². The van der Waals surface area contributed by atoms with E-state index in [9.17, 15) is 24.6 Å². The minimum absolute atomic E-state index is 0.0813. The molecule has 0 rings (SSSR count). The van der Waals surface area contributed by atoms with Gasteiger partial charge in [-0.1, -0.05) is 103 Å². The Balaban J connectivity index is 3.80. The summed E-state index contributed by atoms with van der Waals surface area (Å²) in [6.07, 6.45) is 19.4. The standard InChI is InChI=1S/C27H53N3O5/c1-3-4-5-6-7-8-9-10-11-12-13-14-15-16-17-18-21-29-25(22(2)31)26(33)30-23(27(34)35)19-20-24(28)32/h22-23,25,29,31H,3-21H2,1-2H3,(H2,28,32)(H,30,33)(H,34,35). The van der Waals surface area contributed by atoms with Gasteiger partial charge in [0.05, 0.1) is 6.10 Å². The van der Waals surface area contributed by atoms with Crippen LogP contribution >= 0.6 is 0 Å². The number of carboxylic acid groups (broad SMARTS) is 1. The number of carboxylic acids is 1. The van der Waals surface area contributed by atoms with Crippen molar-refractivity contribution in [2.45, 2.75) is 148 Å². The fourth-order valence-corrected chi connectivity index (χ4v) is 4.22. The van der Waals surface area contributed by atoms with E-state index in [1.54, 1.807) is 0 Å². The second kappa shape index (κ2) is 22.8. The molecule has 0 aliphatic carbocycles. The lowest BCUT2D eigenvalue weighted by Gasteiger charge is -2.23. The van der Waals surface area contributed by atoms with Crippen LogP contribution in [0.4, 0.5) is 0 Å². The molecule has 0 saturated carbocycles. The number of hydrogen-bond acceptors (Lipinski definition) is 5. The number of unbranched alkanes of at least 4 members (excludes halogenated alkanes) is 15. The Hall–Kier alpha value is -1.67. The molecule has 0 radical (unpaired) electrons. The van der Waals surface area contributed by atoms with Crippen molar-refractivity contribution >= 4 is 17.8 Å². The van der Waals surface area contributed by atoms with Crippen LogP contribution in [0.25, 0.3) is 0 Å².